The summed E-state index contributed by atoms with van der Waals surface area (Å²) in [6.07, 6.45) is 7.96. The minimum Gasteiger partial charge on any atom is -0.352 e. The second-order valence-corrected chi connectivity index (χ2v) is 5.44. The lowest BCUT2D eigenvalue weighted by atomic mass is 9.91. The van der Waals surface area contributed by atoms with Crippen molar-refractivity contribution in [3.05, 3.63) is 0 Å². The molecule has 0 radical (unpaired) electrons. The number of rotatable bonds is 4. The molecule has 4 heteroatoms. The molecule has 2 saturated carbocycles. The molecule has 18 heavy (non-hydrogen) atoms. The standard InChI is InChI=1S/C14H20N2O2/c15-9-12(13(17)10-5-1-2-6-10)14(18)16-11-7-3-4-8-11/h10-12H,1-8H2,(H,16,18)/t12-/m1/s1. The van der Waals surface area contributed by atoms with Crippen molar-refractivity contribution in [2.45, 2.75) is 57.4 Å². The maximum absolute atomic E-state index is 12.1. The number of carbonyl (C=O) groups is 2. The molecular weight excluding hydrogens is 228 g/mol. The molecule has 0 saturated heterocycles. The minimum absolute atomic E-state index is 0.0658. The van der Waals surface area contributed by atoms with Crippen molar-refractivity contribution in [2.75, 3.05) is 0 Å². The Morgan fingerprint density at radius 3 is 2.17 bits per heavy atom. The highest BCUT2D eigenvalue weighted by Crippen LogP contribution is 2.28. The van der Waals surface area contributed by atoms with Gasteiger partial charge in [0.05, 0.1) is 6.07 Å². The summed E-state index contributed by atoms with van der Waals surface area (Å²) in [4.78, 5) is 24.1. The molecule has 2 fully saturated rings. The number of nitrogens with zero attached hydrogens (tertiary/aromatic N) is 1. The van der Waals surface area contributed by atoms with Crippen molar-refractivity contribution in [3.63, 3.8) is 0 Å². The van der Waals surface area contributed by atoms with Crippen molar-refractivity contribution in [1.82, 2.24) is 5.32 Å². The third-order valence-corrected chi connectivity index (χ3v) is 4.13. The van der Waals surface area contributed by atoms with Crippen LogP contribution in [0.15, 0.2) is 0 Å². The molecule has 2 aliphatic rings. The normalized spacial score (nSPS) is 22.6. The number of nitriles is 1. The maximum atomic E-state index is 12.1. The quantitative estimate of drug-likeness (QED) is 0.773. The highest BCUT2D eigenvalue weighted by atomic mass is 16.2. The Hall–Kier alpha value is -1.37. The van der Waals surface area contributed by atoms with Gasteiger partial charge in [-0.25, -0.2) is 0 Å². The van der Waals surface area contributed by atoms with Gasteiger partial charge in [0.25, 0.3) is 0 Å². The third kappa shape index (κ3) is 2.90. The average molecular weight is 248 g/mol. The fourth-order valence-electron chi connectivity index (χ4n) is 3.05. The van der Waals surface area contributed by atoms with Gasteiger partial charge in [0.15, 0.2) is 11.7 Å². The molecule has 98 valence electrons. The van der Waals surface area contributed by atoms with Gasteiger partial charge in [0.1, 0.15) is 0 Å². The fourth-order valence-corrected chi connectivity index (χ4v) is 3.05. The second-order valence-electron chi connectivity index (χ2n) is 5.44. The van der Waals surface area contributed by atoms with Crippen molar-refractivity contribution in [1.29, 1.82) is 5.26 Å². The predicted molar refractivity (Wildman–Crippen MR) is 66.5 cm³/mol. The molecule has 1 amide bonds. The van der Waals surface area contributed by atoms with E-state index in [1.54, 1.807) is 0 Å². The third-order valence-electron chi connectivity index (χ3n) is 4.13. The van der Waals surface area contributed by atoms with E-state index in [0.717, 1.165) is 51.4 Å². The first-order chi connectivity index (χ1) is 8.72. The molecule has 0 aromatic carbocycles. The first-order valence-electron chi connectivity index (χ1n) is 6.96. The number of carbonyl (C=O) groups excluding carboxylic acids is 2. The monoisotopic (exact) mass is 248 g/mol. The summed E-state index contributed by atoms with van der Waals surface area (Å²) in [6, 6.07) is 2.06. The van der Waals surface area contributed by atoms with Crippen molar-refractivity contribution < 1.29 is 9.59 Å². The van der Waals surface area contributed by atoms with Crippen LogP contribution in [0.3, 0.4) is 0 Å². The van der Waals surface area contributed by atoms with E-state index in [9.17, 15) is 9.59 Å². The lowest BCUT2D eigenvalue weighted by Gasteiger charge is -2.16. The fraction of sp³-hybridized carbons (Fsp3) is 0.786. The van der Waals surface area contributed by atoms with Crippen LogP contribution in [0.2, 0.25) is 0 Å². The molecule has 0 bridgehead atoms. The Bertz CT molecular complexity index is 360. The molecular formula is C14H20N2O2. The summed E-state index contributed by atoms with van der Waals surface area (Å²) < 4.78 is 0. The Labute approximate surface area is 108 Å². The van der Waals surface area contributed by atoms with Gasteiger partial charge in [-0.15, -0.1) is 0 Å². The van der Waals surface area contributed by atoms with Crippen LogP contribution in [0.1, 0.15) is 51.4 Å². The second kappa shape index (κ2) is 5.99. The van der Waals surface area contributed by atoms with Gasteiger partial charge in [-0.3, -0.25) is 9.59 Å². The Morgan fingerprint density at radius 1 is 1.06 bits per heavy atom. The molecule has 0 aromatic heterocycles. The van der Waals surface area contributed by atoms with Crippen LogP contribution in [-0.2, 0) is 9.59 Å². The lowest BCUT2D eigenvalue weighted by molar-refractivity contribution is -0.134. The summed E-state index contributed by atoms with van der Waals surface area (Å²) in [6.45, 7) is 0. The molecule has 1 N–H and O–H groups in total. The van der Waals surface area contributed by atoms with Crippen LogP contribution < -0.4 is 5.32 Å². The van der Waals surface area contributed by atoms with Gasteiger partial charge < -0.3 is 5.32 Å². The number of nitrogens with one attached hydrogen (secondary N) is 1. The van der Waals surface area contributed by atoms with Gasteiger partial charge in [0, 0.05) is 12.0 Å². The van der Waals surface area contributed by atoms with Gasteiger partial charge in [0.2, 0.25) is 5.91 Å². The molecule has 2 rings (SSSR count). The Morgan fingerprint density at radius 2 is 1.61 bits per heavy atom. The number of hydrogen-bond donors (Lipinski definition) is 1. The van der Waals surface area contributed by atoms with E-state index in [4.69, 9.17) is 5.26 Å². The highest BCUT2D eigenvalue weighted by molar-refractivity contribution is 6.05. The molecule has 0 heterocycles. The zero-order valence-corrected chi connectivity index (χ0v) is 10.7. The van der Waals surface area contributed by atoms with Gasteiger partial charge in [-0.1, -0.05) is 25.7 Å². The molecule has 2 aliphatic carbocycles. The summed E-state index contributed by atoms with van der Waals surface area (Å²) in [5.41, 5.74) is 0. The highest BCUT2D eigenvalue weighted by Gasteiger charge is 2.34. The van der Waals surface area contributed by atoms with Crippen molar-refractivity contribution in [2.24, 2.45) is 11.8 Å². The predicted octanol–water partition coefficient (Wildman–Crippen LogP) is 1.94. The summed E-state index contributed by atoms with van der Waals surface area (Å²) >= 11 is 0. The van der Waals surface area contributed by atoms with Crippen LogP contribution in [0.4, 0.5) is 0 Å². The molecule has 4 nitrogen and oxygen atoms in total. The Kier molecular flexibility index (Phi) is 4.35. The van der Waals surface area contributed by atoms with E-state index in [1.165, 1.54) is 0 Å². The number of Topliss-reactive ketones (excluding diaryl/α,β-unsaturated/α-hetero) is 1. The summed E-state index contributed by atoms with van der Waals surface area (Å²) in [5.74, 6) is -1.69. The van der Waals surface area contributed by atoms with E-state index in [0.29, 0.717) is 0 Å². The molecule has 0 aliphatic heterocycles. The smallest absolute Gasteiger partial charge is 0.245 e. The molecule has 0 aromatic rings. The van der Waals surface area contributed by atoms with Crippen LogP contribution in [0.25, 0.3) is 0 Å². The van der Waals surface area contributed by atoms with Crippen LogP contribution in [0, 0.1) is 23.2 Å². The average Bonchev–Trinajstić information content (AvgIpc) is 3.01. The van der Waals surface area contributed by atoms with E-state index in [-0.39, 0.29) is 23.7 Å². The molecule has 0 spiro atoms. The first-order valence-corrected chi connectivity index (χ1v) is 6.96. The van der Waals surface area contributed by atoms with Gasteiger partial charge in [-0.2, -0.15) is 5.26 Å². The zero-order chi connectivity index (χ0) is 13.0. The number of ketones is 1. The number of hydrogen-bond acceptors (Lipinski definition) is 3. The minimum atomic E-state index is -1.09. The van der Waals surface area contributed by atoms with Gasteiger partial charge in [-0.05, 0) is 25.7 Å². The first kappa shape index (κ1) is 13.1. The van der Waals surface area contributed by atoms with E-state index in [1.807, 2.05) is 6.07 Å². The van der Waals surface area contributed by atoms with Crippen LogP contribution in [0.5, 0.6) is 0 Å². The van der Waals surface area contributed by atoms with Gasteiger partial charge >= 0.3 is 0 Å². The topological polar surface area (TPSA) is 70.0 Å². The summed E-state index contributed by atoms with van der Waals surface area (Å²) in [5, 5.41) is 11.9. The number of amides is 1. The van der Waals surface area contributed by atoms with Crippen molar-refractivity contribution >= 4 is 11.7 Å². The zero-order valence-electron chi connectivity index (χ0n) is 10.7. The van der Waals surface area contributed by atoms with Crippen molar-refractivity contribution in [3.8, 4) is 6.07 Å². The van der Waals surface area contributed by atoms with E-state index in [2.05, 4.69) is 5.32 Å². The van der Waals surface area contributed by atoms with E-state index >= 15 is 0 Å². The van der Waals surface area contributed by atoms with E-state index < -0.39 is 5.92 Å². The van der Waals surface area contributed by atoms with Crippen LogP contribution in [-0.4, -0.2) is 17.7 Å². The maximum Gasteiger partial charge on any atom is 0.245 e. The summed E-state index contributed by atoms with van der Waals surface area (Å²) in [7, 11) is 0. The lowest BCUT2D eigenvalue weighted by Crippen LogP contribution is -2.41. The molecule has 0 unspecified atom stereocenters. The van der Waals surface area contributed by atoms with Crippen LogP contribution >= 0.6 is 0 Å². The Balaban J connectivity index is 1.92. The SMILES string of the molecule is N#C[C@@H](C(=O)NC1CCCC1)C(=O)C1CCCC1. The molecule has 1 atom stereocenters. The largest absolute Gasteiger partial charge is 0.352 e.